The van der Waals surface area contributed by atoms with E-state index in [4.69, 9.17) is 0 Å². The Hall–Kier alpha value is -0.990. The maximum atomic E-state index is 11.1. The molecule has 2 atom stereocenters. The molecular formula is C9H16N2O. The van der Waals surface area contributed by atoms with Gasteiger partial charge in [-0.15, -0.1) is 0 Å². The molecule has 12 heavy (non-hydrogen) atoms. The Labute approximate surface area is 73.2 Å². The summed E-state index contributed by atoms with van der Waals surface area (Å²) in [5.41, 5.74) is 0.967. The van der Waals surface area contributed by atoms with E-state index >= 15 is 0 Å². The van der Waals surface area contributed by atoms with Crippen molar-refractivity contribution in [3.05, 3.63) is 12.2 Å². The number of carbonyl (C=O) groups is 1. The molecule has 1 rings (SSSR count). The van der Waals surface area contributed by atoms with E-state index in [1.54, 1.807) is 0 Å². The van der Waals surface area contributed by atoms with Crippen LogP contribution in [0.15, 0.2) is 12.2 Å². The van der Waals surface area contributed by atoms with Gasteiger partial charge in [-0.05, 0) is 19.3 Å². The molecule has 3 heteroatoms. The van der Waals surface area contributed by atoms with E-state index in [9.17, 15) is 4.79 Å². The number of carbonyl (C=O) groups excluding carboxylic acids is 1. The number of hydrogen-bond acceptors (Lipinski definition) is 1. The number of amides is 2. The average Bonchev–Trinajstić information content (AvgIpc) is 2.62. The Kier molecular flexibility index (Phi) is 2.74. The third-order valence-corrected chi connectivity index (χ3v) is 1.98. The van der Waals surface area contributed by atoms with Gasteiger partial charge in [-0.25, -0.2) is 4.79 Å². The van der Waals surface area contributed by atoms with Gasteiger partial charge in [0.25, 0.3) is 0 Å². The van der Waals surface area contributed by atoms with Crippen LogP contribution in [0.1, 0.15) is 20.3 Å². The molecular weight excluding hydrogens is 152 g/mol. The molecule has 2 unspecified atom stereocenters. The third-order valence-electron chi connectivity index (χ3n) is 1.98. The average molecular weight is 168 g/mol. The van der Waals surface area contributed by atoms with E-state index in [1.165, 1.54) is 0 Å². The molecule has 0 aliphatic heterocycles. The van der Waals surface area contributed by atoms with Crippen molar-refractivity contribution in [1.29, 1.82) is 0 Å². The second kappa shape index (κ2) is 3.61. The summed E-state index contributed by atoms with van der Waals surface area (Å²) in [5.74, 6) is 0.653. The highest BCUT2D eigenvalue weighted by Gasteiger charge is 2.33. The summed E-state index contributed by atoms with van der Waals surface area (Å²) in [5, 5.41) is 5.59. The van der Waals surface area contributed by atoms with Crippen molar-refractivity contribution < 1.29 is 4.79 Å². The van der Waals surface area contributed by atoms with E-state index in [2.05, 4.69) is 24.1 Å². The first-order valence-corrected chi connectivity index (χ1v) is 4.28. The summed E-state index contributed by atoms with van der Waals surface area (Å²) in [7, 11) is 0. The van der Waals surface area contributed by atoms with Crippen LogP contribution >= 0.6 is 0 Å². The van der Waals surface area contributed by atoms with Gasteiger partial charge in [-0.2, -0.15) is 0 Å². The summed E-state index contributed by atoms with van der Waals surface area (Å²) in [6, 6.07) is 0.322. The minimum atomic E-state index is -0.0765. The molecule has 2 amide bonds. The summed E-state index contributed by atoms with van der Waals surface area (Å²) >= 11 is 0. The molecule has 0 aromatic rings. The zero-order valence-corrected chi connectivity index (χ0v) is 7.68. The van der Waals surface area contributed by atoms with Gasteiger partial charge in [0.05, 0.1) is 0 Å². The van der Waals surface area contributed by atoms with Crippen molar-refractivity contribution in [2.45, 2.75) is 26.3 Å². The fraction of sp³-hybridized carbons (Fsp3) is 0.667. The van der Waals surface area contributed by atoms with Gasteiger partial charge in [0.15, 0.2) is 0 Å². The molecule has 0 radical (unpaired) electrons. The van der Waals surface area contributed by atoms with Crippen LogP contribution < -0.4 is 10.6 Å². The normalized spacial score (nSPS) is 26.2. The van der Waals surface area contributed by atoms with Gasteiger partial charge < -0.3 is 10.6 Å². The number of urea groups is 1. The highest BCUT2D eigenvalue weighted by Crippen LogP contribution is 2.28. The predicted molar refractivity (Wildman–Crippen MR) is 48.9 cm³/mol. The van der Waals surface area contributed by atoms with Gasteiger partial charge in [0, 0.05) is 12.6 Å². The summed E-state index contributed by atoms with van der Waals surface area (Å²) in [4.78, 5) is 11.1. The maximum Gasteiger partial charge on any atom is 0.315 e. The fourth-order valence-corrected chi connectivity index (χ4v) is 0.974. The predicted octanol–water partition coefficient (Wildman–Crippen LogP) is 1.27. The Morgan fingerprint density at radius 3 is 2.67 bits per heavy atom. The van der Waals surface area contributed by atoms with E-state index < -0.39 is 0 Å². The Morgan fingerprint density at radius 1 is 1.67 bits per heavy atom. The van der Waals surface area contributed by atoms with Gasteiger partial charge in [-0.1, -0.05) is 19.1 Å². The van der Waals surface area contributed by atoms with E-state index in [1.807, 2.05) is 6.92 Å². The van der Waals surface area contributed by atoms with E-state index in [0.717, 1.165) is 12.0 Å². The monoisotopic (exact) mass is 168 g/mol. The molecule has 1 aliphatic rings. The molecule has 0 bridgehead atoms. The van der Waals surface area contributed by atoms with Crippen molar-refractivity contribution in [1.82, 2.24) is 10.6 Å². The molecule has 0 spiro atoms. The van der Waals surface area contributed by atoms with Crippen LogP contribution in [-0.4, -0.2) is 18.6 Å². The molecule has 1 fully saturated rings. The number of nitrogens with one attached hydrogen (secondary N) is 2. The lowest BCUT2D eigenvalue weighted by molar-refractivity contribution is 0.241. The highest BCUT2D eigenvalue weighted by atomic mass is 16.2. The van der Waals surface area contributed by atoms with Crippen molar-refractivity contribution >= 4 is 6.03 Å². The first kappa shape index (κ1) is 9.10. The lowest BCUT2D eigenvalue weighted by atomic mass is 10.3. The van der Waals surface area contributed by atoms with Crippen LogP contribution in [0.25, 0.3) is 0 Å². The highest BCUT2D eigenvalue weighted by molar-refractivity contribution is 5.74. The van der Waals surface area contributed by atoms with Gasteiger partial charge in [-0.3, -0.25) is 0 Å². The van der Waals surface area contributed by atoms with Crippen molar-refractivity contribution in [3.63, 3.8) is 0 Å². The van der Waals surface area contributed by atoms with Crippen molar-refractivity contribution in [2.24, 2.45) is 5.92 Å². The van der Waals surface area contributed by atoms with Gasteiger partial charge in [0.2, 0.25) is 0 Å². The molecule has 1 aliphatic carbocycles. The first-order valence-electron chi connectivity index (χ1n) is 4.28. The quantitative estimate of drug-likeness (QED) is 0.612. The van der Waals surface area contributed by atoms with Crippen LogP contribution in [0.4, 0.5) is 4.79 Å². The molecule has 0 aromatic carbocycles. The van der Waals surface area contributed by atoms with Crippen LogP contribution in [-0.2, 0) is 0 Å². The second-order valence-corrected chi connectivity index (χ2v) is 3.60. The zero-order chi connectivity index (χ0) is 9.14. The second-order valence-electron chi connectivity index (χ2n) is 3.60. The molecule has 0 aromatic heterocycles. The molecule has 2 N–H and O–H groups in total. The molecule has 1 saturated carbocycles. The van der Waals surface area contributed by atoms with Crippen LogP contribution in [0, 0.1) is 5.92 Å². The molecule has 3 nitrogen and oxygen atoms in total. The first-order chi connectivity index (χ1) is 5.59. The fourth-order valence-electron chi connectivity index (χ4n) is 0.974. The van der Waals surface area contributed by atoms with E-state index in [-0.39, 0.29) is 6.03 Å². The number of hydrogen-bond donors (Lipinski definition) is 2. The molecule has 68 valence electrons. The summed E-state index contributed by atoms with van der Waals surface area (Å²) in [6.45, 7) is 8.27. The maximum absolute atomic E-state index is 11.1. The summed E-state index contributed by atoms with van der Waals surface area (Å²) in [6.07, 6.45) is 1.11. The standard InChI is InChI=1S/C9H16N2O/c1-6(2)5-10-9(12)11-8-4-7(8)3/h7-8H,1,4-5H2,2-3H3,(H2,10,11,12). The van der Waals surface area contributed by atoms with Crippen LogP contribution in [0.5, 0.6) is 0 Å². The third kappa shape index (κ3) is 2.95. The Bertz CT molecular complexity index is 201. The summed E-state index contributed by atoms with van der Waals surface area (Å²) < 4.78 is 0. The number of rotatable bonds is 3. The Morgan fingerprint density at radius 2 is 2.25 bits per heavy atom. The smallest absolute Gasteiger partial charge is 0.315 e. The van der Waals surface area contributed by atoms with E-state index in [0.29, 0.717) is 18.5 Å². The minimum Gasteiger partial charge on any atom is -0.335 e. The van der Waals surface area contributed by atoms with Crippen molar-refractivity contribution in [2.75, 3.05) is 6.54 Å². The largest absolute Gasteiger partial charge is 0.335 e. The lowest BCUT2D eigenvalue weighted by Crippen LogP contribution is -2.37. The lowest BCUT2D eigenvalue weighted by Gasteiger charge is -2.05. The molecule has 0 saturated heterocycles. The zero-order valence-electron chi connectivity index (χ0n) is 7.68. The topological polar surface area (TPSA) is 41.1 Å². The Balaban J connectivity index is 2.08. The van der Waals surface area contributed by atoms with Crippen LogP contribution in [0.3, 0.4) is 0 Å². The van der Waals surface area contributed by atoms with Crippen molar-refractivity contribution in [3.8, 4) is 0 Å². The van der Waals surface area contributed by atoms with Gasteiger partial charge in [0.1, 0.15) is 0 Å². The van der Waals surface area contributed by atoms with Gasteiger partial charge >= 0.3 is 6.03 Å². The molecule has 0 heterocycles. The van der Waals surface area contributed by atoms with Crippen LogP contribution in [0.2, 0.25) is 0 Å². The minimum absolute atomic E-state index is 0.0765. The SMILES string of the molecule is C=C(C)CNC(=O)NC1CC1C.